The number of hydrogen-bond acceptors (Lipinski definition) is 0. The van der Waals surface area contributed by atoms with Crippen molar-refractivity contribution in [2.75, 3.05) is 0 Å². The van der Waals surface area contributed by atoms with Crippen LogP contribution in [0.25, 0.3) is 71.5 Å². The highest BCUT2D eigenvalue weighted by molar-refractivity contribution is 6.88. The van der Waals surface area contributed by atoms with Crippen LogP contribution in [0.15, 0.2) is 170 Å². The molecule has 1 aromatic heterocycles. The normalized spacial score (nSPS) is 16.6. The predicted molar refractivity (Wildman–Crippen MR) is 203 cm³/mol. The molecule has 0 saturated heterocycles. The SMILES string of the molecule is C=C1C=C(c2cc3c4c(c2)c2cc(-c5ccc6ccccc6c5)cc5c2n4B(c2ccccc2-3)c2ccccc2-5)/C=C\C/C=C\C=C/1. The summed E-state index contributed by atoms with van der Waals surface area (Å²) in [7, 11) is 0. The van der Waals surface area contributed by atoms with Gasteiger partial charge < -0.3 is 4.48 Å². The van der Waals surface area contributed by atoms with Crippen molar-refractivity contribution in [1.29, 1.82) is 0 Å². The first kappa shape index (κ1) is 26.4. The molecular weight excluding hydrogens is 565 g/mol. The van der Waals surface area contributed by atoms with E-state index in [0.29, 0.717) is 0 Å². The fourth-order valence-corrected chi connectivity index (χ4v) is 8.17. The predicted octanol–water partition coefficient (Wildman–Crippen LogP) is 10.2. The Kier molecular flexibility index (Phi) is 5.65. The van der Waals surface area contributed by atoms with Gasteiger partial charge in [0.2, 0.25) is 0 Å². The van der Waals surface area contributed by atoms with Gasteiger partial charge in [0.15, 0.2) is 0 Å². The minimum atomic E-state index is 0.129. The van der Waals surface area contributed by atoms with Crippen LogP contribution in [0.1, 0.15) is 12.0 Å². The summed E-state index contributed by atoms with van der Waals surface area (Å²) in [6.07, 6.45) is 16.1. The van der Waals surface area contributed by atoms with Crippen LogP contribution < -0.4 is 10.9 Å². The molecule has 0 amide bonds. The number of benzene rings is 6. The first-order valence-corrected chi connectivity index (χ1v) is 16.5. The molecule has 7 aromatic rings. The van der Waals surface area contributed by atoms with Crippen LogP contribution in [-0.4, -0.2) is 11.3 Å². The van der Waals surface area contributed by atoms with Crippen LogP contribution in [0.3, 0.4) is 0 Å². The minimum absolute atomic E-state index is 0.129. The van der Waals surface area contributed by atoms with Gasteiger partial charge >= 0.3 is 6.85 Å². The Labute approximate surface area is 274 Å². The summed E-state index contributed by atoms with van der Waals surface area (Å²) in [5.74, 6) is 0. The third kappa shape index (κ3) is 3.92. The van der Waals surface area contributed by atoms with Gasteiger partial charge in [0.05, 0.1) is 0 Å². The standard InChI is InChI=1S/C45H30BN/c1-29-13-5-3-2-4-6-15-31(23-29)34-25-38-36-17-9-11-19-42(36)46-43-20-12-10-18-37(43)39-26-35(28-41-40(27-34)44(38)47(46)45(39)41)33-22-21-30-14-7-8-16-32(30)24-33/h2-3,5-28H,1,4H2/b3-2-,13-5-,15-6-,31-23?. The second kappa shape index (κ2) is 10.1. The van der Waals surface area contributed by atoms with Crippen molar-refractivity contribution < 1.29 is 0 Å². The molecule has 1 aliphatic carbocycles. The molecule has 0 unspecified atom stereocenters. The number of allylic oxidation sites excluding steroid dienone is 9. The zero-order chi connectivity index (χ0) is 31.1. The highest BCUT2D eigenvalue weighted by atomic mass is 14.9. The van der Waals surface area contributed by atoms with Gasteiger partial charge in [-0.15, -0.1) is 0 Å². The minimum Gasteiger partial charge on any atom is -0.375 e. The molecule has 0 radical (unpaired) electrons. The maximum atomic E-state index is 4.35. The maximum Gasteiger partial charge on any atom is 0.329 e. The Morgan fingerprint density at radius 2 is 1.19 bits per heavy atom. The molecular formula is C45H30BN. The van der Waals surface area contributed by atoms with Crippen molar-refractivity contribution in [3.05, 3.63) is 176 Å². The number of rotatable bonds is 2. The van der Waals surface area contributed by atoms with Crippen LogP contribution >= 0.6 is 0 Å². The van der Waals surface area contributed by atoms with Crippen molar-refractivity contribution in [2.24, 2.45) is 0 Å². The highest BCUT2D eigenvalue weighted by Gasteiger charge is 2.39. The molecule has 0 saturated carbocycles. The van der Waals surface area contributed by atoms with Gasteiger partial charge in [0.25, 0.3) is 0 Å². The summed E-state index contributed by atoms with van der Waals surface area (Å²) in [6.45, 7) is 4.48. The number of aromatic nitrogens is 1. The van der Waals surface area contributed by atoms with Crippen LogP contribution in [0.5, 0.6) is 0 Å². The second-order valence-electron chi connectivity index (χ2n) is 12.9. The zero-order valence-electron chi connectivity index (χ0n) is 25.9. The van der Waals surface area contributed by atoms with E-state index in [2.05, 4.69) is 169 Å². The van der Waals surface area contributed by atoms with Crippen molar-refractivity contribution in [2.45, 2.75) is 6.42 Å². The van der Waals surface area contributed by atoms with E-state index < -0.39 is 0 Å². The molecule has 2 aliphatic heterocycles. The average molecular weight is 596 g/mol. The van der Waals surface area contributed by atoms with E-state index in [1.165, 1.54) is 88.0 Å². The Morgan fingerprint density at radius 1 is 0.532 bits per heavy atom. The second-order valence-corrected chi connectivity index (χ2v) is 12.9. The average Bonchev–Trinajstić information content (AvgIpc) is 3.45. The van der Waals surface area contributed by atoms with Gasteiger partial charge in [0, 0.05) is 32.9 Å². The number of fused-ring (bicyclic) bond motifs is 8. The van der Waals surface area contributed by atoms with Gasteiger partial charge in [-0.1, -0.05) is 128 Å². The largest absolute Gasteiger partial charge is 0.375 e. The van der Waals surface area contributed by atoms with Crippen LogP contribution in [0.2, 0.25) is 0 Å². The molecule has 1 nitrogen and oxygen atoms in total. The lowest BCUT2D eigenvalue weighted by atomic mass is 9.45. The number of nitrogens with zero attached hydrogens (tertiary/aromatic N) is 1. The van der Waals surface area contributed by atoms with E-state index in [-0.39, 0.29) is 6.85 Å². The molecule has 6 aromatic carbocycles. The van der Waals surface area contributed by atoms with Crippen LogP contribution in [-0.2, 0) is 0 Å². The highest BCUT2D eigenvalue weighted by Crippen LogP contribution is 2.47. The van der Waals surface area contributed by atoms with Gasteiger partial charge in [-0.05, 0) is 103 Å². The molecule has 3 aliphatic rings. The molecule has 218 valence electrons. The molecule has 2 heteroatoms. The third-order valence-corrected chi connectivity index (χ3v) is 10.2. The van der Waals surface area contributed by atoms with E-state index in [0.717, 1.165) is 12.0 Å². The molecule has 0 bridgehead atoms. The quantitative estimate of drug-likeness (QED) is 0.175. The summed E-state index contributed by atoms with van der Waals surface area (Å²) >= 11 is 0. The maximum absolute atomic E-state index is 4.35. The third-order valence-electron chi connectivity index (χ3n) is 10.2. The summed E-state index contributed by atoms with van der Waals surface area (Å²) in [5, 5.41) is 5.14. The van der Waals surface area contributed by atoms with Gasteiger partial charge in [0.1, 0.15) is 0 Å². The fourth-order valence-electron chi connectivity index (χ4n) is 8.17. The van der Waals surface area contributed by atoms with Crippen LogP contribution in [0, 0.1) is 0 Å². The van der Waals surface area contributed by atoms with Gasteiger partial charge in [-0.25, -0.2) is 0 Å². The van der Waals surface area contributed by atoms with E-state index in [9.17, 15) is 0 Å². The van der Waals surface area contributed by atoms with Gasteiger partial charge in [-0.3, -0.25) is 0 Å². The molecule has 0 spiro atoms. The Balaban J connectivity index is 1.34. The smallest absolute Gasteiger partial charge is 0.329 e. The molecule has 3 heterocycles. The lowest BCUT2D eigenvalue weighted by Crippen LogP contribution is -2.53. The lowest BCUT2D eigenvalue weighted by Gasteiger charge is -2.32. The molecule has 10 rings (SSSR count). The molecule has 47 heavy (non-hydrogen) atoms. The van der Waals surface area contributed by atoms with E-state index in [1.807, 2.05) is 0 Å². The molecule has 0 fully saturated rings. The van der Waals surface area contributed by atoms with E-state index >= 15 is 0 Å². The van der Waals surface area contributed by atoms with Crippen LogP contribution in [0.4, 0.5) is 0 Å². The summed E-state index contributed by atoms with van der Waals surface area (Å²) in [6, 6.07) is 43.3. The Hall–Kier alpha value is -5.86. The fraction of sp³-hybridized carbons (Fsp3) is 0.0222. The van der Waals surface area contributed by atoms with Crippen molar-refractivity contribution in [1.82, 2.24) is 4.48 Å². The monoisotopic (exact) mass is 595 g/mol. The van der Waals surface area contributed by atoms with Crippen molar-refractivity contribution in [3.8, 4) is 33.4 Å². The molecule has 0 N–H and O–H groups in total. The van der Waals surface area contributed by atoms with Gasteiger partial charge in [-0.2, -0.15) is 0 Å². The Morgan fingerprint density at radius 3 is 1.96 bits per heavy atom. The Bertz CT molecular complexity index is 2620. The van der Waals surface area contributed by atoms with Crippen molar-refractivity contribution in [3.63, 3.8) is 0 Å². The summed E-state index contributed by atoms with van der Waals surface area (Å²) in [4.78, 5) is 0. The summed E-state index contributed by atoms with van der Waals surface area (Å²) in [5.41, 5.74) is 16.5. The first-order valence-electron chi connectivity index (χ1n) is 16.5. The topological polar surface area (TPSA) is 4.93 Å². The zero-order valence-corrected chi connectivity index (χ0v) is 25.9. The van der Waals surface area contributed by atoms with E-state index in [4.69, 9.17) is 0 Å². The van der Waals surface area contributed by atoms with Crippen molar-refractivity contribution >= 4 is 55.9 Å². The molecule has 0 atom stereocenters. The first-order chi connectivity index (χ1) is 23.2. The number of hydrogen-bond donors (Lipinski definition) is 0. The lowest BCUT2D eigenvalue weighted by molar-refractivity contribution is 1.31. The summed E-state index contributed by atoms with van der Waals surface area (Å²) < 4.78 is 2.65. The van der Waals surface area contributed by atoms with E-state index in [1.54, 1.807) is 0 Å².